The van der Waals surface area contributed by atoms with Crippen molar-refractivity contribution in [1.29, 1.82) is 0 Å². The highest BCUT2D eigenvalue weighted by Gasteiger charge is 2.46. The Morgan fingerprint density at radius 2 is 2.09 bits per heavy atom. The summed E-state index contributed by atoms with van der Waals surface area (Å²) in [5.41, 5.74) is -0.336. The minimum Gasteiger partial charge on any atom is -0.458 e. The van der Waals surface area contributed by atoms with Gasteiger partial charge < -0.3 is 9.84 Å². The van der Waals surface area contributed by atoms with E-state index in [9.17, 15) is 29.6 Å². The van der Waals surface area contributed by atoms with Gasteiger partial charge in [0.2, 0.25) is 0 Å². The van der Waals surface area contributed by atoms with Gasteiger partial charge in [0.25, 0.3) is 11.2 Å². The van der Waals surface area contributed by atoms with Gasteiger partial charge in [-0.25, -0.2) is 9.78 Å². The number of esters is 1. The molecule has 0 aliphatic carbocycles. The summed E-state index contributed by atoms with van der Waals surface area (Å²) in [6.07, 6.45) is 0.0267. The van der Waals surface area contributed by atoms with Crippen LogP contribution < -0.4 is 5.56 Å². The van der Waals surface area contributed by atoms with Crippen LogP contribution in [0.1, 0.15) is 49.4 Å². The summed E-state index contributed by atoms with van der Waals surface area (Å²) >= 11 is 0. The third kappa shape index (κ3) is 2.91. The highest BCUT2D eigenvalue weighted by atomic mass is 16.6. The second-order valence-corrected chi connectivity index (χ2v) is 8.37. The molecule has 10 heteroatoms. The second kappa shape index (κ2) is 7.04. The van der Waals surface area contributed by atoms with Gasteiger partial charge in [0.05, 0.1) is 33.4 Å². The van der Waals surface area contributed by atoms with Gasteiger partial charge in [0.15, 0.2) is 5.60 Å². The van der Waals surface area contributed by atoms with Gasteiger partial charge >= 0.3 is 5.97 Å². The van der Waals surface area contributed by atoms with Gasteiger partial charge in [-0.15, -0.1) is 0 Å². The number of non-ortho nitro benzene ring substituents is 1. The van der Waals surface area contributed by atoms with E-state index in [0.29, 0.717) is 27.9 Å². The fourth-order valence-corrected chi connectivity index (χ4v) is 4.73. The summed E-state index contributed by atoms with van der Waals surface area (Å²) < 4.78 is 6.54. The van der Waals surface area contributed by atoms with Crippen molar-refractivity contribution >= 4 is 28.3 Å². The van der Waals surface area contributed by atoms with E-state index in [1.54, 1.807) is 19.1 Å². The lowest BCUT2D eigenvalue weighted by molar-refractivity contribution is -0.384. The number of aliphatic hydroxyl groups is 1. The minimum atomic E-state index is -1.96. The maximum absolute atomic E-state index is 13.5. The lowest BCUT2D eigenvalue weighted by Crippen LogP contribution is -2.44. The molecule has 2 aliphatic rings. The van der Waals surface area contributed by atoms with Crippen LogP contribution in [-0.4, -0.2) is 31.3 Å². The van der Waals surface area contributed by atoms with Gasteiger partial charge in [0, 0.05) is 35.1 Å². The third-order valence-electron chi connectivity index (χ3n) is 6.42. The van der Waals surface area contributed by atoms with Gasteiger partial charge in [0.1, 0.15) is 12.4 Å². The largest absolute Gasteiger partial charge is 0.458 e. The van der Waals surface area contributed by atoms with Crippen molar-refractivity contribution in [1.82, 2.24) is 9.55 Å². The number of hydrogen-bond donors (Lipinski definition) is 1. The van der Waals surface area contributed by atoms with Crippen molar-refractivity contribution in [2.45, 2.75) is 44.9 Å². The maximum atomic E-state index is 13.5. The zero-order valence-electron chi connectivity index (χ0n) is 17.8. The van der Waals surface area contributed by atoms with Gasteiger partial charge in [-0.1, -0.05) is 6.92 Å². The van der Waals surface area contributed by atoms with Gasteiger partial charge in [-0.05, 0) is 31.5 Å². The molecule has 0 fully saturated rings. The average Bonchev–Trinajstić information content (AvgIpc) is 3.07. The SMILES string of the molecule is CC[C@@]1(O)C(=O)OCc2c1cc1n(c2=O)C(CC(C)=O)c2cc3cc([N+](=O)[O-])ccc3nc2-1. The molecule has 3 aromatic rings. The zero-order chi connectivity index (χ0) is 23.7. The van der Waals surface area contributed by atoms with Gasteiger partial charge in [-0.2, -0.15) is 0 Å². The first-order chi connectivity index (χ1) is 15.7. The third-order valence-corrected chi connectivity index (χ3v) is 6.42. The van der Waals surface area contributed by atoms with Crippen LogP contribution in [0.25, 0.3) is 22.3 Å². The Bertz CT molecular complexity index is 1460. The van der Waals surface area contributed by atoms with Crippen LogP contribution in [0.15, 0.2) is 35.1 Å². The molecule has 1 N–H and O–H groups in total. The van der Waals surface area contributed by atoms with Crippen LogP contribution in [0.2, 0.25) is 0 Å². The van der Waals surface area contributed by atoms with E-state index >= 15 is 0 Å². The highest BCUT2D eigenvalue weighted by Crippen LogP contribution is 2.44. The highest BCUT2D eigenvalue weighted by molar-refractivity contribution is 5.88. The Kier molecular flexibility index (Phi) is 4.47. The smallest absolute Gasteiger partial charge is 0.343 e. The topological polar surface area (TPSA) is 142 Å². The Morgan fingerprint density at radius 1 is 1.33 bits per heavy atom. The molecule has 1 aromatic carbocycles. The quantitative estimate of drug-likeness (QED) is 0.364. The Balaban J connectivity index is 1.83. The van der Waals surface area contributed by atoms with Gasteiger partial charge in [-0.3, -0.25) is 24.3 Å². The van der Waals surface area contributed by atoms with Crippen LogP contribution in [0, 0.1) is 10.1 Å². The van der Waals surface area contributed by atoms with Crippen LogP contribution >= 0.6 is 0 Å². The standard InChI is InChI=1S/C23H19N3O7/c1-3-23(30)16-9-19-20-14(8-12-7-13(26(31)32)4-5-17(12)24-20)18(6-11(2)27)25(19)21(28)15(16)10-33-22(23)29/h4-5,7-9,18,30H,3,6,10H2,1-2H3/t18?,23-/m0/s1. The van der Waals surface area contributed by atoms with E-state index in [2.05, 4.69) is 4.98 Å². The van der Waals surface area contributed by atoms with E-state index < -0.39 is 28.1 Å². The second-order valence-electron chi connectivity index (χ2n) is 8.37. The molecule has 0 bridgehead atoms. The number of cyclic esters (lactones) is 1. The van der Waals surface area contributed by atoms with Crippen molar-refractivity contribution in [3.63, 3.8) is 0 Å². The molecule has 0 spiro atoms. The number of nitro benzene ring substituents is 1. The van der Waals surface area contributed by atoms with Crippen molar-refractivity contribution in [2.75, 3.05) is 0 Å². The molecule has 2 atom stereocenters. The predicted molar refractivity (Wildman–Crippen MR) is 116 cm³/mol. The summed E-state index contributed by atoms with van der Waals surface area (Å²) in [4.78, 5) is 53.3. The molecule has 0 saturated carbocycles. The van der Waals surface area contributed by atoms with Crippen molar-refractivity contribution in [3.05, 3.63) is 67.5 Å². The number of nitro groups is 1. The first-order valence-corrected chi connectivity index (χ1v) is 10.4. The molecular formula is C23H19N3O7. The van der Waals surface area contributed by atoms with Crippen LogP contribution in [0.5, 0.6) is 0 Å². The fraction of sp³-hybridized carbons (Fsp3) is 0.304. The molecule has 2 aromatic heterocycles. The fourth-order valence-electron chi connectivity index (χ4n) is 4.73. The number of ether oxygens (including phenoxy) is 1. The van der Waals surface area contributed by atoms with Crippen molar-refractivity contribution in [3.8, 4) is 11.4 Å². The molecule has 0 radical (unpaired) electrons. The number of fused-ring (bicyclic) bond motifs is 5. The number of carbonyl (C=O) groups is 2. The first-order valence-electron chi connectivity index (χ1n) is 10.4. The Labute approximate surface area is 186 Å². The van der Waals surface area contributed by atoms with Crippen LogP contribution in [0.3, 0.4) is 0 Å². The molecule has 168 valence electrons. The number of rotatable bonds is 4. The number of Topliss-reactive ketones (excluding diaryl/α,β-unsaturated/α-hetero) is 1. The summed E-state index contributed by atoms with van der Waals surface area (Å²) in [6.45, 7) is 2.75. The average molecular weight is 449 g/mol. The number of carbonyl (C=O) groups excluding carboxylic acids is 2. The van der Waals surface area contributed by atoms with Crippen LogP contribution in [-0.2, 0) is 26.5 Å². The van der Waals surface area contributed by atoms with E-state index in [0.717, 1.165) is 0 Å². The molecule has 0 amide bonds. The molecule has 2 aliphatic heterocycles. The first kappa shape index (κ1) is 21.0. The number of nitrogens with zero attached hydrogens (tertiary/aromatic N) is 3. The molecule has 10 nitrogen and oxygen atoms in total. The molecule has 33 heavy (non-hydrogen) atoms. The maximum Gasteiger partial charge on any atom is 0.343 e. The van der Waals surface area contributed by atoms with E-state index in [-0.39, 0.29) is 42.0 Å². The van der Waals surface area contributed by atoms with E-state index in [4.69, 9.17) is 4.74 Å². The Morgan fingerprint density at radius 3 is 2.76 bits per heavy atom. The van der Waals surface area contributed by atoms with Crippen molar-refractivity contribution < 1.29 is 24.4 Å². The minimum absolute atomic E-state index is 0.0125. The number of benzene rings is 1. The van der Waals surface area contributed by atoms with Crippen LogP contribution in [0.4, 0.5) is 5.69 Å². The molecular weight excluding hydrogens is 430 g/mol. The number of hydrogen-bond acceptors (Lipinski definition) is 8. The Hall–Kier alpha value is -3.92. The van der Waals surface area contributed by atoms with E-state index in [1.165, 1.54) is 29.7 Å². The number of aromatic nitrogens is 2. The molecule has 1 unspecified atom stereocenters. The monoisotopic (exact) mass is 449 g/mol. The summed E-state index contributed by atoms with van der Waals surface area (Å²) in [7, 11) is 0. The summed E-state index contributed by atoms with van der Waals surface area (Å²) in [5, 5.41) is 22.7. The summed E-state index contributed by atoms with van der Waals surface area (Å²) in [5.74, 6) is -0.974. The lowest BCUT2D eigenvalue weighted by atomic mass is 9.86. The van der Waals surface area contributed by atoms with Crippen molar-refractivity contribution in [2.24, 2.45) is 0 Å². The zero-order valence-corrected chi connectivity index (χ0v) is 17.8. The molecule has 5 rings (SSSR count). The normalized spacial score (nSPS) is 20.7. The predicted octanol–water partition coefficient (Wildman–Crippen LogP) is 2.51. The lowest BCUT2D eigenvalue weighted by Gasteiger charge is -2.32. The number of ketones is 1. The summed E-state index contributed by atoms with van der Waals surface area (Å²) in [6, 6.07) is 6.87. The van der Waals surface area contributed by atoms with E-state index in [1.807, 2.05) is 0 Å². The molecule has 0 saturated heterocycles. The number of pyridine rings is 2. The molecule has 4 heterocycles.